The topological polar surface area (TPSA) is 66.5 Å². The van der Waals surface area contributed by atoms with Gasteiger partial charge in [-0.15, -0.1) is 0 Å². The minimum atomic E-state index is -0.376. The van der Waals surface area contributed by atoms with Gasteiger partial charge in [0, 0.05) is 18.7 Å². The monoisotopic (exact) mass is 318 g/mol. The molecule has 1 heterocycles. The first-order chi connectivity index (χ1) is 11.1. The second kappa shape index (κ2) is 6.48. The van der Waals surface area contributed by atoms with E-state index >= 15 is 0 Å². The van der Waals surface area contributed by atoms with E-state index < -0.39 is 0 Å². The Morgan fingerprint density at radius 1 is 1.09 bits per heavy atom. The molecule has 122 valence electrons. The van der Waals surface area contributed by atoms with Gasteiger partial charge in [-0.2, -0.15) is 0 Å². The number of halogens is 1. The van der Waals surface area contributed by atoms with Crippen LogP contribution >= 0.6 is 0 Å². The third kappa shape index (κ3) is 3.25. The Balaban J connectivity index is 1.55. The summed E-state index contributed by atoms with van der Waals surface area (Å²) in [5.41, 5.74) is 0.490. The number of fused-ring (bicyclic) bond motifs is 1. The first kappa shape index (κ1) is 15.6. The molecular weight excluding hydrogens is 299 g/mol. The molecule has 2 fully saturated rings. The summed E-state index contributed by atoms with van der Waals surface area (Å²) in [7, 11) is 0. The van der Waals surface area contributed by atoms with E-state index in [2.05, 4.69) is 5.32 Å². The number of imide groups is 1. The van der Waals surface area contributed by atoms with E-state index in [0.29, 0.717) is 5.69 Å². The molecule has 0 bridgehead atoms. The second-order valence-corrected chi connectivity index (χ2v) is 6.13. The molecule has 3 amide bonds. The van der Waals surface area contributed by atoms with E-state index in [9.17, 15) is 18.8 Å². The van der Waals surface area contributed by atoms with E-state index in [0.717, 1.165) is 25.7 Å². The van der Waals surface area contributed by atoms with Gasteiger partial charge < -0.3 is 5.32 Å². The van der Waals surface area contributed by atoms with Crippen LogP contribution < -0.4 is 5.32 Å². The number of hydrogen-bond acceptors (Lipinski definition) is 3. The molecule has 1 aromatic rings. The minimum absolute atomic E-state index is 0.0499. The van der Waals surface area contributed by atoms with E-state index in [1.807, 2.05) is 0 Å². The summed E-state index contributed by atoms with van der Waals surface area (Å²) in [6, 6.07) is 5.45. The van der Waals surface area contributed by atoms with Gasteiger partial charge in [-0.1, -0.05) is 12.8 Å². The Labute approximate surface area is 133 Å². The van der Waals surface area contributed by atoms with Crippen LogP contribution in [-0.4, -0.2) is 29.2 Å². The number of anilines is 1. The van der Waals surface area contributed by atoms with Gasteiger partial charge in [-0.3, -0.25) is 19.3 Å². The van der Waals surface area contributed by atoms with E-state index in [1.54, 1.807) is 0 Å². The van der Waals surface area contributed by atoms with Crippen LogP contribution in [0, 0.1) is 17.7 Å². The molecule has 6 heteroatoms. The Morgan fingerprint density at radius 2 is 1.65 bits per heavy atom. The highest BCUT2D eigenvalue weighted by Gasteiger charge is 2.47. The van der Waals surface area contributed by atoms with Gasteiger partial charge >= 0.3 is 0 Å². The van der Waals surface area contributed by atoms with Crippen molar-refractivity contribution in [3.63, 3.8) is 0 Å². The normalized spacial score (nSPS) is 23.8. The highest BCUT2D eigenvalue weighted by atomic mass is 19.1. The predicted octanol–water partition coefficient (Wildman–Crippen LogP) is 2.33. The molecule has 1 aromatic carbocycles. The summed E-state index contributed by atoms with van der Waals surface area (Å²) >= 11 is 0. The molecule has 1 aliphatic carbocycles. The number of carbonyl (C=O) groups is 3. The van der Waals surface area contributed by atoms with Crippen LogP contribution in [0.5, 0.6) is 0 Å². The summed E-state index contributed by atoms with van der Waals surface area (Å²) in [6.07, 6.45) is 3.56. The zero-order valence-electron chi connectivity index (χ0n) is 12.8. The van der Waals surface area contributed by atoms with Gasteiger partial charge in [0.2, 0.25) is 17.7 Å². The molecule has 1 N–H and O–H groups in total. The molecule has 0 aromatic heterocycles. The average Bonchev–Trinajstić information content (AvgIpc) is 2.80. The Morgan fingerprint density at radius 3 is 2.22 bits per heavy atom. The van der Waals surface area contributed by atoms with Crippen LogP contribution in [0.25, 0.3) is 0 Å². The second-order valence-electron chi connectivity index (χ2n) is 6.13. The average molecular weight is 318 g/mol. The largest absolute Gasteiger partial charge is 0.326 e. The fourth-order valence-corrected chi connectivity index (χ4v) is 3.42. The smallest absolute Gasteiger partial charge is 0.233 e. The number of carbonyl (C=O) groups excluding carboxylic acids is 3. The van der Waals surface area contributed by atoms with Crippen LogP contribution in [0.3, 0.4) is 0 Å². The summed E-state index contributed by atoms with van der Waals surface area (Å²) in [4.78, 5) is 37.7. The lowest BCUT2D eigenvalue weighted by Gasteiger charge is -2.19. The molecule has 2 atom stereocenters. The predicted molar refractivity (Wildman–Crippen MR) is 81.8 cm³/mol. The van der Waals surface area contributed by atoms with E-state index in [1.165, 1.54) is 29.2 Å². The van der Waals surface area contributed by atoms with E-state index in [-0.39, 0.29) is 48.3 Å². The molecule has 0 radical (unpaired) electrons. The maximum Gasteiger partial charge on any atom is 0.233 e. The van der Waals surface area contributed by atoms with Crippen molar-refractivity contribution in [3.05, 3.63) is 30.1 Å². The van der Waals surface area contributed by atoms with Gasteiger partial charge in [0.25, 0.3) is 0 Å². The first-order valence-electron chi connectivity index (χ1n) is 7.97. The summed E-state index contributed by atoms with van der Waals surface area (Å²) in [5.74, 6) is -1.30. The van der Waals surface area contributed by atoms with Crippen LogP contribution in [0.2, 0.25) is 0 Å². The maximum atomic E-state index is 12.8. The number of hydrogen-bond donors (Lipinski definition) is 1. The number of amides is 3. The molecule has 0 spiro atoms. The molecular formula is C17H19FN2O3. The minimum Gasteiger partial charge on any atom is -0.326 e. The SMILES string of the molecule is O=C(CCN1C(=O)[C@H]2CCCC[C@@H]2C1=O)Nc1ccc(F)cc1. The van der Waals surface area contributed by atoms with Crippen LogP contribution in [-0.2, 0) is 14.4 Å². The number of nitrogens with zero attached hydrogens (tertiary/aromatic N) is 1. The zero-order valence-corrected chi connectivity index (χ0v) is 12.8. The molecule has 2 aliphatic rings. The molecule has 3 rings (SSSR count). The van der Waals surface area contributed by atoms with Gasteiger partial charge in [0.1, 0.15) is 5.82 Å². The lowest BCUT2D eigenvalue weighted by Crippen LogP contribution is -2.34. The van der Waals surface area contributed by atoms with Crippen molar-refractivity contribution in [2.45, 2.75) is 32.1 Å². The molecule has 23 heavy (non-hydrogen) atoms. The third-order valence-corrected chi connectivity index (χ3v) is 4.62. The number of likely N-dealkylation sites (tertiary alicyclic amines) is 1. The quantitative estimate of drug-likeness (QED) is 0.867. The summed E-state index contributed by atoms with van der Waals surface area (Å²) in [6.45, 7) is 0.109. The standard InChI is InChI=1S/C17H19FN2O3/c18-11-5-7-12(8-6-11)19-15(21)9-10-20-16(22)13-3-1-2-4-14(13)17(20)23/h5-8,13-14H,1-4,9-10H2,(H,19,21)/t13-,14-/m0/s1. The number of benzene rings is 1. The van der Waals surface area contributed by atoms with Gasteiger partial charge in [0.15, 0.2) is 0 Å². The fraction of sp³-hybridized carbons (Fsp3) is 0.471. The van der Waals surface area contributed by atoms with Crippen molar-refractivity contribution >= 4 is 23.4 Å². The highest BCUT2D eigenvalue weighted by Crippen LogP contribution is 2.37. The molecule has 1 saturated carbocycles. The van der Waals surface area contributed by atoms with Crippen LogP contribution in [0.1, 0.15) is 32.1 Å². The van der Waals surface area contributed by atoms with Crippen molar-refractivity contribution in [2.24, 2.45) is 11.8 Å². The fourth-order valence-electron chi connectivity index (χ4n) is 3.42. The molecule has 5 nitrogen and oxygen atoms in total. The highest BCUT2D eigenvalue weighted by molar-refractivity contribution is 6.05. The number of rotatable bonds is 4. The Kier molecular flexibility index (Phi) is 4.41. The zero-order chi connectivity index (χ0) is 16.4. The van der Waals surface area contributed by atoms with Crippen molar-refractivity contribution < 1.29 is 18.8 Å². The maximum absolute atomic E-state index is 12.8. The molecule has 0 unspecified atom stereocenters. The summed E-state index contributed by atoms with van der Waals surface area (Å²) < 4.78 is 12.8. The van der Waals surface area contributed by atoms with E-state index in [4.69, 9.17) is 0 Å². The van der Waals surface area contributed by atoms with Gasteiger partial charge in [-0.25, -0.2) is 4.39 Å². The van der Waals surface area contributed by atoms with Gasteiger partial charge in [-0.05, 0) is 37.1 Å². The van der Waals surface area contributed by atoms with Crippen molar-refractivity contribution in [1.82, 2.24) is 4.90 Å². The lowest BCUT2D eigenvalue weighted by molar-refractivity contribution is -0.140. The Hall–Kier alpha value is -2.24. The summed E-state index contributed by atoms with van der Waals surface area (Å²) in [5, 5.41) is 2.63. The van der Waals surface area contributed by atoms with Crippen LogP contribution in [0.15, 0.2) is 24.3 Å². The first-order valence-corrected chi connectivity index (χ1v) is 7.97. The molecule has 1 aliphatic heterocycles. The van der Waals surface area contributed by atoms with Crippen molar-refractivity contribution in [3.8, 4) is 0 Å². The third-order valence-electron chi connectivity index (χ3n) is 4.62. The lowest BCUT2D eigenvalue weighted by atomic mass is 9.81. The van der Waals surface area contributed by atoms with Crippen molar-refractivity contribution in [1.29, 1.82) is 0 Å². The van der Waals surface area contributed by atoms with Gasteiger partial charge in [0.05, 0.1) is 11.8 Å². The van der Waals surface area contributed by atoms with Crippen LogP contribution in [0.4, 0.5) is 10.1 Å². The van der Waals surface area contributed by atoms with Crippen molar-refractivity contribution in [2.75, 3.05) is 11.9 Å². The molecule has 1 saturated heterocycles. The Bertz CT molecular complexity index is 605. The number of nitrogens with one attached hydrogen (secondary N) is 1.